The fourth-order valence-corrected chi connectivity index (χ4v) is 1.93. The van der Waals surface area contributed by atoms with Gasteiger partial charge in [0.25, 0.3) is 0 Å². The molecule has 1 heterocycles. The Morgan fingerprint density at radius 1 is 1.30 bits per heavy atom. The van der Waals surface area contributed by atoms with Gasteiger partial charge >= 0.3 is 12.1 Å². The van der Waals surface area contributed by atoms with Gasteiger partial charge in [0, 0.05) is 6.20 Å². The molecule has 2 aromatic rings. The number of carbonyl (C=O) groups excluding carboxylic acids is 1. The van der Waals surface area contributed by atoms with E-state index in [4.69, 9.17) is 9.84 Å². The molecule has 0 aliphatic heterocycles. The van der Waals surface area contributed by atoms with Crippen LogP contribution in [0.4, 0.5) is 10.5 Å². The van der Waals surface area contributed by atoms with Crippen LogP contribution in [0.25, 0.3) is 5.69 Å². The molecule has 0 atom stereocenters. The summed E-state index contributed by atoms with van der Waals surface area (Å²) in [5, 5.41) is 15.9. The van der Waals surface area contributed by atoms with Gasteiger partial charge in [-0.25, -0.2) is 14.3 Å². The summed E-state index contributed by atoms with van der Waals surface area (Å²) in [6.07, 6.45) is 2.78. The maximum absolute atomic E-state index is 12.0. The molecule has 1 aromatic heterocycles. The van der Waals surface area contributed by atoms with Gasteiger partial charge in [-0.2, -0.15) is 5.10 Å². The van der Waals surface area contributed by atoms with Crippen LogP contribution >= 0.6 is 0 Å². The summed E-state index contributed by atoms with van der Waals surface area (Å²) in [5.74, 6) is -1.08. The Balaban J connectivity index is 2.39. The van der Waals surface area contributed by atoms with Gasteiger partial charge in [0.15, 0.2) is 0 Å². The number of hydrogen-bond donors (Lipinski definition) is 2. The monoisotopic (exact) mass is 317 g/mol. The Bertz CT molecular complexity index is 744. The van der Waals surface area contributed by atoms with E-state index in [-0.39, 0.29) is 5.56 Å². The van der Waals surface area contributed by atoms with Crippen molar-refractivity contribution in [3.8, 4) is 5.69 Å². The van der Waals surface area contributed by atoms with Gasteiger partial charge in [-0.3, -0.25) is 5.32 Å². The number of aromatic carboxylic acids is 1. The number of nitrogens with zero attached hydrogens (tertiary/aromatic N) is 2. The Hall–Kier alpha value is -2.83. The molecule has 0 fully saturated rings. The molecular weight excluding hydrogens is 298 g/mol. The van der Waals surface area contributed by atoms with Crippen molar-refractivity contribution in [1.82, 2.24) is 9.78 Å². The molecule has 7 heteroatoms. The normalized spacial score (nSPS) is 11.1. The molecule has 122 valence electrons. The first kappa shape index (κ1) is 16.5. The lowest BCUT2D eigenvalue weighted by Crippen LogP contribution is -2.27. The van der Waals surface area contributed by atoms with Crippen LogP contribution in [0.3, 0.4) is 0 Å². The molecule has 0 radical (unpaired) electrons. The third kappa shape index (κ3) is 4.32. The zero-order valence-corrected chi connectivity index (χ0v) is 13.5. The second kappa shape index (κ2) is 6.12. The minimum Gasteiger partial charge on any atom is -0.478 e. The highest BCUT2D eigenvalue weighted by molar-refractivity contribution is 5.93. The molecule has 2 rings (SSSR count). The molecule has 0 bridgehead atoms. The lowest BCUT2D eigenvalue weighted by Gasteiger charge is -2.20. The van der Waals surface area contributed by atoms with Crippen LogP contribution in [0.15, 0.2) is 30.6 Å². The van der Waals surface area contributed by atoms with E-state index in [1.165, 1.54) is 12.1 Å². The van der Waals surface area contributed by atoms with Crippen LogP contribution in [0.1, 0.15) is 36.7 Å². The minimum atomic E-state index is -1.08. The predicted octanol–water partition coefficient (Wildman–Crippen LogP) is 3.23. The summed E-state index contributed by atoms with van der Waals surface area (Å²) in [5.41, 5.74) is 1.20. The van der Waals surface area contributed by atoms with Gasteiger partial charge < -0.3 is 9.84 Å². The van der Waals surface area contributed by atoms with Gasteiger partial charge in [-0.15, -0.1) is 0 Å². The van der Waals surface area contributed by atoms with Crippen molar-refractivity contribution in [2.24, 2.45) is 0 Å². The fourth-order valence-electron chi connectivity index (χ4n) is 1.93. The van der Waals surface area contributed by atoms with Gasteiger partial charge in [0.2, 0.25) is 0 Å². The van der Waals surface area contributed by atoms with Crippen LogP contribution < -0.4 is 5.32 Å². The van der Waals surface area contributed by atoms with E-state index in [0.717, 1.165) is 5.56 Å². The van der Waals surface area contributed by atoms with E-state index >= 15 is 0 Å². The Morgan fingerprint density at radius 3 is 2.52 bits per heavy atom. The van der Waals surface area contributed by atoms with Crippen LogP contribution in [0.5, 0.6) is 0 Å². The van der Waals surface area contributed by atoms with E-state index in [9.17, 15) is 9.59 Å². The maximum Gasteiger partial charge on any atom is 0.412 e. The summed E-state index contributed by atoms with van der Waals surface area (Å²) in [4.78, 5) is 23.1. The number of anilines is 1. The first-order chi connectivity index (χ1) is 10.7. The molecule has 23 heavy (non-hydrogen) atoms. The zero-order valence-electron chi connectivity index (χ0n) is 13.5. The number of amides is 1. The standard InChI is InChI=1S/C16H19N3O4/c1-10-8-17-19(9-10)13-6-5-11(14(20)21)7-12(13)18-15(22)23-16(2,3)4/h5-9H,1-4H3,(H,18,22)(H,20,21). The Morgan fingerprint density at radius 2 is 2.00 bits per heavy atom. The molecule has 1 amide bonds. The van der Waals surface area contributed by atoms with Crippen molar-refractivity contribution in [3.05, 3.63) is 41.7 Å². The third-order valence-corrected chi connectivity index (χ3v) is 2.84. The number of hydrogen-bond acceptors (Lipinski definition) is 4. The molecule has 0 aliphatic rings. The van der Waals surface area contributed by atoms with Gasteiger partial charge in [0.05, 0.1) is 23.1 Å². The van der Waals surface area contributed by atoms with Gasteiger partial charge in [0.1, 0.15) is 5.60 Å². The highest BCUT2D eigenvalue weighted by Gasteiger charge is 2.19. The molecule has 7 nitrogen and oxygen atoms in total. The average Bonchev–Trinajstić information content (AvgIpc) is 2.82. The topological polar surface area (TPSA) is 93.5 Å². The van der Waals surface area contributed by atoms with Crippen LogP contribution in [0, 0.1) is 6.92 Å². The first-order valence-corrected chi connectivity index (χ1v) is 7.05. The van der Waals surface area contributed by atoms with E-state index in [0.29, 0.717) is 11.4 Å². The highest BCUT2D eigenvalue weighted by Crippen LogP contribution is 2.23. The number of aryl methyl sites for hydroxylation is 1. The molecule has 2 N–H and O–H groups in total. The summed E-state index contributed by atoms with van der Waals surface area (Å²) >= 11 is 0. The minimum absolute atomic E-state index is 0.0590. The summed E-state index contributed by atoms with van der Waals surface area (Å²) in [6.45, 7) is 7.13. The fraction of sp³-hybridized carbons (Fsp3) is 0.312. The van der Waals surface area contributed by atoms with E-state index < -0.39 is 17.7 Å². The van der Waals surface area contributed by atoms with E-state index in [1.54, 1.807) is 43.9 Å². The van der Waals surface area contributed by atoms with E-state index in [1.807, 2.05) is 6.92 Å². The number of aromatic nitrogens is 2. The SMILES string of the molecule is Cc1cnn(-c2ccc(C(=O)O)cc2NC(=O)OC(C)(C)C)c1. The second-order valence-electron chi connectivity index (χ2n) is 6.13. The summed E-state index contributed by atoms with van der Waals surface area (Å²) < 4.78 is 6.77. The van der Waals surface area contributed by atoms with Gasteiger partial charge in [-0.05, 0) is 51.5 Å². The lowest BCUT2D eigenvalue weighted by molar-refractivity contribution is 0.0632. The number of nitrogens with one attached hydrogen (secondary N) is 1. The van der Waals surface area contributed by atoms with Crippen LogP contribution in [-0.2, 0) is 4.74 Å². The average molecular weight is 317 g/mol. The van der Waals surface area contributed by atoms with Crippen molar-refractivity contribution < 1.29 is 19.4 Å². The number of carboxylic acid groups (broad SMARTS) is 1. The largest absolute Gasteiger partial charge is 0.478 e. The van der Waals surface area contributed by atoms with Crippen molar-refractivity contribution in [3.63, 3.8) is 0 Å². The molecular formula is C16H19N3O4. The molecule has 0 spiro atoms. The van der Waals surface area contributed by atoms with Crippen LogP contribution in [-0.4, -0.2) is 32.6 Å². The lowest BCUT2D eigenvalue weighted by atomic mass is 10.1. The third-order valence-electron chi connectivity index (χ3n) is 2.84. The zero-order chi connectivity index (χ0) is 17.2. The van der Waals surface area contributed by atoms with Crippen LogP contribution in [0.2, 0.25) is 0 Å². The maximum atomic E-state index is 12.0. The quantitative estimate of drug-likeness (QED) is 0.906. The van der Waals surface area contributed by atoms with Gasteiger partial charge in [-0.1, -0.05) is 0 Å². The smallest absolute Gasteiger partial charge is 0.412 e. The highest BCUT2D eigenvalue weighted by atomic mass is 16.6. The number of rotatable bonds is 3. The number of ether oxygens (including phenoxy) is 1. The first-order valence-electron chi connectivity index (χ1n) is 7.05. The molecule has 1 aromatic carbocycles. The van der Waals surface area contributed by atoms with Crippen molar-refractivity contribution in [2.75, 3.05) is 5.32 Å². The van der Waals surface area contributed by atoms with Crippen molar-refractivity contribution >= 4 is 17.7 Å². The van der Waals surface area contributed by atoms with Crippen molar-refractivity contribution in [2.45, 2.75) is 33.3 Å². The number of benzene rings is 1. The Kier molecular flexibility index (Phi) is 4.40. The molecule has 0 unspecified atom stereocenters. The predicted molar refractivity (Wildman–Crippen MR) is 85.1 cm³/mol. The summed E-state index contributed by atoms with van der Waals surface area (Å²) in [6, 6.07) is 4.41. The number of carboxylic acids is 1. The molecule has 0 aliphatic carbocycles. The Labute approximate surface area is 133 Å². The summed E-state index contributed by atoms with van der Waals surface area (Å²) in [7, 11) is 0. The molecule has 0 saturated heterocycles. The second-order valence-corrected chi connectivity index (χ2v) is 6.13. The number of carbonyl (C=O) groups is 2. The molecule has 0 saturated carbocycles. The van der Waals surface area contributed by atoms with E-state index in [2.05, 4.69) is 10.4 Å². The van der Waals surface area contributed by atoms with Crippen molar-refractivity contribution in [1.29, 1.82) is 0 Å².